The predicted molar refractivity (Wildman–Crippen MR) is 69.4 cm³/mol. The molecule has 5 nitrogen and oxygen atoms in total. The van der Waals surface area contributed by atoms with E-state index in [-0.39, 0.29) is 16.2 Å². The molecule has 0 saturated carbocycles. The van der Waals surface area contributed by atoms with Crippen LogP contribution in [0.25, 0.3) is 0 Å². The van der Waals surface area contributed by atoms with Crippen molar-refractivity contribution in [3.05, 3.63) is 35.9 Å². The van der Waals surface area contributed by atoms with Gasteiger partial charge in [0.15, 0.2) is 19.0 Å². The Hall–Kier alpha value is -2.31. The second-order valence-corrected chi connectivity index (χ2v) is 4.61. The normalized spacial score (nSPS) is 18.3. The number of benzene rings is 1. The number of alkyl halides is 2. The minimum absolute atomic E-state index is 0.00500. The van der Waals surface area contributed by atoms with Crippen molar-refractivity contribution < 1.29 is 23.2 Å². The van der Waals surface area contributed by atoms with Gasteiger partial charge in [0, 0.05) is 0 Å². The molecule has 21 heavy (non-hydrogen) atoms. The van der Waals surface area contributed by atoms with Gasteiger partial charge in [-0.2, -0.15) is 0 Å². The molecule has 7 heteroatoms. The van der Waals surface area contributed by atoms with E-state index in [1.807, 2.05) is 0 Å². The Labute approximate surface area is 120 Å². The second kappa shape index (κ2) is 5.59. The van der Waals surface area contributed by atoms with Crippen molar-refractivity contribution in [3.63, 3.8) is 0 Å². The monoisotopic (exact) mass is 296 g/mol. The number of carbonyl (C=O) groups excluding carboxylic acids is 3. The number of nitrogens with zero attached hydrogens (tertiary/aromatic N) is 2. The first-order valence-electron chi connectivity index (χ1n) is 6.40. The Morgan fingerprint density at radius 1 is 0.952 bits per heavy atom. The zero-order valence-corrected chi connectivity index (χ0v) is 11.4. The Kier molecular flexibility index (Phi) is 4.02. The van der Waals surface area contributed by atoms with Crippen LogP contribution in [0.3, 0.4) is 0 Å². The molecule has 1 saturated heterocycles. The third kappa shape index (κ3) is 2.00. The SMILES string of the molecule is CCC1(c2ccccc2)C(=O)N(CF)C(=O)N(CF)C1=O. The summed E-state index contributed by atoms with van der Waals surface area (Å²) in [4.78, 5) is 37.3. The summed E-state index contributed by atoms with van der Waals surface area (Å²) >= 11 is 0. The summed E-state index contributed by atoms with van der Waals surface area (Å²) in [5.74, 6) is -1.92. The standard InChI is InChI=1S/C14H14F2N2O3/c1-2-14(10-6-4-3-5-7-10)11(19)17(8-15)13(21)18(9-16)12(14)20/h3-7H,2,8-9H2,1H3. The smallest absolute Gasteiger partial charge is 0.273 e. The van der Waals surface area contributed by atoms with E-state index >= 15 is 0 Å². The highest BCUT2D eigenvalue weighted by molar-refractivity contribution is 6.22. The summed E-state index contributed by atoms with van der Waals surface area (Å²) in [7, 11) is 0. The highest BCUT2D eigenvalue weighted by Crippen LogP contribution is 2.36. The molecule has 0 bridgehead atoms. The second-order valence-electron chi connectivity index (χ2n) is 4.61. The van der Waals surface area contributed by atoms with Gasteiger partial charge in [0.2, 0.25) is 0 Å². The first-order valence-corrected chi connectivity index (χ1v) is 6.40. The van der Waals surface area contributed by atoms with Gasteiger partial charge in [-0.25, -0.2) is 23.4 Å². The third-order valence-corrected chi connectivity index (χ3v) is 3.72. The van der Waals surface area contributed by atoms with Gasteiger partial charge in [0.1, 0.15) is 0 Å². The Balaban J connectivity index is 2.65. The maximum absolute atomic E-state index is 13.0. The minimum atomic E-state index is -1.77. The molecule has 1 fully saturated rings. The Morgan fingerprint density at radius 2 is 1.43 bits per heavy atom. The summed E-state index contributed by atoms with van der Waals surface area (Å²) in [6.45, 7) is -1.25. The van der Waals surface area contributed by atoms with E-state index in [4.69, 9.17) is 0 Å². The highest BCUT2D eigenvalue weighted by Gasteiger charge is 2.57. The van der Waals surface area contributed by atoms with E-state index in [1.165, 1.54) is 12.1 Å². The first-order chi connectivity index (χ1) is 10.0. The zero-order chi connectivity index (χ0) is 15.6. The fraction of sp³-hybridized carbons (Fsp3) is 0.357. The summed E-state index contributed by atoms with van der Waals surface area (Å²) in [6, 6.07) is 6.71. The molecule has 4 amide bonds. The number of carbonyl (C=O) groups is 3. The lowest BCUT2D eigenvalue weighted by atomic mass is 9.74. The maximum Gasteiger partial charge on any atom is 0.337 e. The van der Waals surface area contributed by atoms with Gasteiger partial charge >= 0.3 is 6.03 Å². The van der Waals surface area contributed by atoms with E-state index < -0.39 is 36.9 Å². The van der Waals surface area contributed by atoms with Crippen molar-refractivity contribution in [1.82, 2.24) is 9.80 Å². The maximum atomic E-state index is 13.0. The fourth-order valence-corrected chi connectivity index (χ4v) is 2.56. The lowest BCUT2D eigenvalue weighted by Gasteiger charge is -2.42. The number of imide groups is 2. The summed E-state index contributed by atoms with van der Waals surface area (Å²) in [5, 5.41) is 0. The van der Waals surface area contributed by atoms with Gasteiger partial charge in [0.05, 0.1) is 0 Å². The van der Waals surface area contributed by atoms with Crippen LogP contribution in [0.1, 0.15) is 18.9 Å². The van der Waals surface area contributed by atoms with Crippen LogP contribution < -0.4 is 0 Å². The van der Waals surface area contributed by atoms with Crippen molar-refractivity contribution in [3.8, 4) is 0 Å². The van der Waals surface area contributed by atoms with E-state index in [2.05, 4.69) is 0 Å². The molecule has 112 valence electrons. The van der Waals surface area contributed by atoms with Gasteiger partial charge < -0.3 is 0 Å². The van der Waals surface area contributed by atoms with Crippen LogP contribution in [-0.2, 0) is 15.0 Å². The Bertz CT molecular complexity index is 551. The van der Waals surface area contributed by atoms with E-state index in [9.17, 15) is 23.2 Å². The van der Waals surface area contributed by atoms with Crippen LogP contribution in [0.4, 0.5) is 13.6 Å². The molecular weight excluding hydrogens is 282 g/mol. The quantitative estimate of drug-likeness (QED) is 0.630. The molecule has 1 aliphatic heterocycles. The lowest BCUT2D eigenvalue weighted by Crippen LogP contribution is -2.66. The van der Waals surface area contributed by atoms with Crippen LogP contribution in [-0.4, -0.2) is 41.2 Å². The van der Waals surface area contributed by atoms with Gasteiger partial charge in [-0.15, -0.1) is 0 Å². The average molecular weight is 296 g/mol. The molecule has 0 aromatic heterocycles. The van der Waals surface area contributed by atoms with E-state index in [0.717, 1.165) is 0 Å². The third-order valence-electron chi connectivity index (χ3n) is 3.72. The number of urea groups is 1. The fourth-order valence-electron chi connectivity index (χ4n) is 2.56. The molecule has 2 rings (SSSR count). The number of hydrogen-bond donors (Lipinski definition) is 0. The largest absolute Gasteiger partial charge is 0.337 e. The predicted octanol–water partition coefficient (Wildman–Crippen LogP) is 1.98. The van der Waals surface area contributed by atoms with Crippen molar-refractivity contribution in [2.24, 2.45) is 0 Å². The van der Waals surface area contributed by atoms with Crippen LogP contribution in [0.2, 0.25) is 0 Å². The van der Waals surface area contributed by atoms with Crippen LogP contribution in [0.15, 0.2) is 30.3 Å². The lowest BCUT2D eigenvalue weighted by molar-refractivity contribution is -0.154. The highest BCUT2D eigenvalue weighted by atomic mass is 19.1. The van der Waals surface area contributed by atoms with Crippen LogP contribution in [0, 0.1) is 0 Å². The van der Waals surface area contributed by atoms with E-state index in [0.29, 0.717) is 5.56 Å². The van der Waals surface area contributed by atoms with E-state index in [1.54, 1.807) is 25.1 Å². The van der Waals surface area contributed by atoms with Gasteiger partial charge in [0.25, 0.3) is 11.8 Å². The molecule has 1 aromatic carbocycles. The number of halogens is 2. The molecule has 0 atom stereocenters. The molecule has 0 N–H and O–H groups in total. The number of barbiturate groups is 1. The molecule has 0 radical (unpaired) electrons. The zero-order valence-electron chi connectivity index (χ0n) is 11.4. The molecule has 1 heterocycles. The Morgan fingerprint density at radius 3 is 1.81 bits per heavy atom. The number of hydrogen-bond acceptors (Lipinski definition) is 3. The average Bonchev–Trinajstić information content (AvgIpc) is 2.50. The van der Waals surface area contributed by atoms with Gasteiger partial charge in [-0.3, -0.25) is 9.59 Å². The topological polar surface area (TPSA) is 57.7 Å². The summed E-state index contributed by atoms with van der Waals surface area (Å²) < 4.78 is 26.1. The van der Waals surface area contributed by atoms with Crippen molar-refractivity contribution in [2.45, 2.75) is 18.8 Å². The number of rotatable bonds is 4. The minimum Gasteiger partial charge on any atom is -0.273 e. The molecule has 1 aromatic rings. The molecule has 0 aliphatic carbocycles. The van der Waals surface area contributed by atoms with Gasteiger partial charge in [-0.05, 0) is 12.0 Å². The molecule has 0 unspecified atom stereocenters. The molecule has 1 aliphatic rings. The molecular formula is C14H14F2N2O3. The van der Waals surface area contributed by atoms with Crippen LogP contribution >= 0.6 is 0 Å². The molecule has 0 spiro atoms. The summed E-state index contributed by atoms with van der Waals surface area (Å²) in [5.41, 5.74) is -1.46. The van der Waals surface area contributed by atoms with Crippen molar-refractivity contribution >= 4 is 17.8 Å². The first kappa shape index (κ1) is 15.1. The van der Waals surface area contributed by atoms with Crippen LogP contribution in [0.5, 0.6) is 0 Å². The van der Waals surface area contributed by atoms with Gasteiger partial charge in [-0.1, -0.05) is 37.3 Å². The van der Waals surface area contributed by atoms with Crippen molar-refractivity contribution in [2.75, 3.05) is 13.6 Å². The van der Waals surface area contributed by atoms with Crippen molar-refractivity contribution in [1.29, 1.82) is 0 Å². The number of amides is 4. The summed E-state index contributed by atoms with van der Waals surface area (Å²) in [6.07, 6.45) is -0.00500.